The van der Waals surface area contributed by atoms with E-state index in [-0.39, 0.29) is 25.7 Å². The van der Waals surface area contributed by atoms with Gasteiger partial charge < -0.3 is 33.8 Å². The molecule has 0 aromatic carbocycles. The Labute approximate surface area is 498 Å². The van der Waals surface area contributed by atoms with Crippen molar-refractivity contribution < 1.29 is 80.2 Å². The van der Waals surface area contributed by atoms with Crippen LogP contribution >= 0.6 is 15.6 Å². The molecule has 0 rings (SSSR count). The maximum Gasteiger partial charge on any atom is 0.472 e. The number of aliphatic hydroxyl groups is 1. The number of carbonyl (C=O) groups excluding carboxylic acids is 4. The van der Waals surface area contributed by atoms with Gasteiger partial charge >= 0.3 is 39.5 Å². The van der Waals surface area contributed by atoms with Crippen molar-refractivity contribution in [1.82, 2.24) is 0 Å². The largest absolute Gasteiger partial charge is 0.472 e. The fourth-order valence-electron chi connectivity index (χ4n) is 9.41. The summed E-state index contributed by atoms with van der Waals surface area (Å²) in [5, 5.41) is 10.5. The van der Waals surface area contributed by atoms with Crippen LogP contribution in [0.5, 0.6) is 0 Å². The number of phosphoric acid groups is 2. The predicted molar refractivity (Wildman–Crippen MR) is 326 cm³/mol. The van der Waals surface area contributed by atoms with Crippen LogP contribution in [0.15, 0.2) is 0 Å². The molecule has 0 aliphatic rings. The first-order chi connectivity index (χ1) is 39.5. The van der Waals surface area contributed by atoms with E-state index in [1.54, 1.807) is 0 Å². The molecule has 3 N–H and O–H groups in total. The molecule has 5 atom stereocenters. The third-order valence-corrected chi connectivity index (χ3v) is 16.4. The summed E-state index contributed by atoms with van der Waals surface area (Å²) in [5.41, 5.74) is 0. The maximum absolute atomic E-state index is 13.0. The van der Waals surface area contributed by atoms with Crippen LogP contribution in [-0.4, -0.2) is 96.7 Å². The van der Waals surface area contributed by atoms with Crippen molar-refractivity contribution in [2.75, 3.05) is 39.6 Å². The number of phosphoric ester groups is 2. The molecular formula is C63H122O17P2. The van der Waals surface area contributed by atoms with Gasteiger partial charge in [-0.15, -0.1) is 0 Å². The third kappa shape index (κ3) is 57.2. The summed E-state index contributed by atoms with van der Waals surface area (Å²) in [7, 11) is -9.87. The molecule has 0 aliphatic heterocycles. The molecule has 0 spiro atoms. The molecule has 0 radical (unpaired) electrons. The number of hydrogen-bond acceptors (Lipinski definition) is 15. The van der Waals surface area contributed by atoms with Gasteiger partial charge in [-0.25, -0.2) is 9.13 Å². The molecule has 0 heterocycles. The Morgan fingerprint density at radius 1 is 0.329 bits per heavy atom. The van der Waals surface area contributed by atoms with E-state index in [4.69, 9.17) is 37.0 Å². The predicted octanol–water partition coefficient (Wildman–Crippen LogP) is 17.4. The zero-order chi connectivity index (χ0) is 60.6. The molecule has 2 unspecified atom stereocenters. The number of carbonyl (C=O) groups is 4. The molecule has 17 nitrogen and oxygen atoms in total. The van der Waals surface area contributed by atoms with Gasteiger partial charge in [0.05, 0.1) is 26.4 Å². The smallest absolute Gasteiger partial charge is 0.462 e. The molecule has 0 saturated heterocycles. The Bertz CT molecular complexity index is 1600. The van der Waals surface area contributed by atoms with Crippen LogP contribution in [-0.2, 0) is 65.4 Å². The first-order valence-corrected chi connectivity index (χ1v) is 36.1. The van der Waals surface area contributed by atoms with Gasteiger partial charge in [0.2, 0.25) is 0 Å². The number of ether oxygens (including phenoxy) is 4. The molecule has 0 bridgehead atoms. The Morgan fingerprint density at radius 3 is 0.829 bits per heavy atom. The second kappa shape index (κ2) is 56.8. The Kier molecular flexibility index (Phi) is 55.5. The molecule has 0 fully saturated rings. The van der Waals surface area contributed by atoms with E-state index in [2.05, 4.69) is 34.6 Å². The van der Waals surface area contributed by atoms with Gasteiger partial charge in [-0.2, -0.15) is 0 Å². The van der Waals surface area contributed by atoms with Crippen molar-refractivity contribution in [2.24, 2.45) is 5.92 Å². The summed E-state index contributed by atoms with van der Waals surface area (Å²) in [5.74, 6) is -1.37. The molecule has 82 heavy (non-hydrogen) atoms. The third-order valence-electron chi connectivity index (χ3n) is 14.5. The highest BCUT2D eigenvalue weighted by Crippen LogP contribution is 2.45. The molecule has 0 saturated carbocycles. The van der Waals surface area contributed by atoms with Gasteiger partial charge in [-0.05, 0) is 31.6 Å². The lowest BCUT2D eigenvalue weighted by Gasteiger charge is -2.21. The number of hydrogen-bond donors (Lipinski definition) is 3. The van der Waals surface area contributed by atoms with Crippen molar-refractivity contribution in [1.29, 1.82) is 0 Å². The van der Waals surface area contributed by atoms with E-state index >= 15 is 0 Å². The highest BCUT2D eigenvalue weighted by molar-refractivity contribution is 7.47. The molecule has 0 aromatic rings. The van der Waals surface area contributed by atoms with Crippen molar-refractivity contribution in [3.63, 3.8) is 0 Å². The van der Waals surface area contributed by atoms with Crippen LogP contribution < -0.4 is 0 Å². The number of unbranched alkanes of at least 4 members (excludes halogenated alkanes) is 35. The lowest BCUT2D eigenvalue weighted by molar-refractivity contribution is -0.161. The van der Waals surface area contributed by atoms with Crippen molar-refractivity contribution in [3.05, 3.63) is 0 Å². The van der Waals surface area contributed by atoms with Crippen LogP contribution in [0.4, 0.5) is 0 Å². The summed E-state index contributed by atoms with van der Waals surface area (Å²) in [4.78, 5) is 71.9. The molecule has 0 amide bonds. The normalized spacial score (nSPS) is 14.3. The molecule has 0 aliphatic carbocycles. The van der Waals surface area contributed by atoms with Gasteiger partial charge in [-0.1, -0.05) is 266 Å². The van der Waals surface area contributed by atoms with Gasteiger partial charge in [-0.3, -0.25) is 37.3 Å². The SMILES string of the molecule is CCCCCCCCCCCCCCCCC(=O)OC[C@H](COP(=O)(O)OC[C@@H](O)COP(=O)(O)OC[C@@H](COC(=O)CCCCCCC)OC(=O)CCCCCCCCCC)OC(=O)CCCCCCCCCCCCCCC(C)C. The number of esters is 4. The van der Waals surface area contributed by atoms with Crippen LogP contribution in [0.25, 0.3) is 0 Å². The second-order valence-electron chi connectivity index (χ2n) is 23.3. The summed E-state index contributed by atoms with van der Waals surface area (Å²) < 4.78 is 67.7. The van der Waals surface area contributed by atoms with E-state index in [1.165, 1.54) is 128 Å². The molecular weight excluding hydrogens is 1090 g/mol. The van der Waals surface area contributed by atoms with Crippen molar-refractivity contribution >= 4 is 39.5 Å². The lowest BCUT2D eigenvalue weighted by Crippen LogP contribution is -2.30. The van der Waals surface area contributed by atoms with Gasteiger partial charge in [0.1, 0.15) is 19.3 Å². The summed E-state index contributed by atoms with van der Waals surface area (Å²) >= 11 is 0. The molecule has 486 valence electrons. The van der Waals surface area contributed by atoms with Gasteiger partial charge in [0.25, 0.3) is 0 Å². The monoisotopic (exact) mass is 1210 g/mol. The Balaban J connectivity index is 5.16. The van der Waals surface area contributed by atoms with E-state index in [9.17, 15) is 43.2 Å². The first kappa shape index (κ1) is 80.1. The van der Waals surface area contributed by atoms with Crippen LogP contribution in [0.2, 0.25) is 0 Å². The number of rotatable bonds is 63. The van der Waals surface area contributed by atoms with Gasteiger partial charge in [0.15, 0.2) is 12.2 Å². The van der Waals surface area contributed by atoms with E-state index in [0.717, 1.165) is 109 Å². The zero-order valence-electron chi connectivity index (χ0n) is 52.6. The van der Waals surface area contributed by atoms with E-state index in [1.807, 2.05) is 0 Å². The van der Waals surface area contributed by atoms with Gasteiger partial charge in [0, 0.05) is 25.7 Å². The minimum absolute atomic E-state index is 0.104. The zero-order valence-corrected chi connectivity index (χ0v) is 54.4. The van der Waals surface area contributed by atoms with E-state index < -0.39 is 97.5 Å². The van der Waals surface area contributed by atoms with Crippen LogP contribution in [0.3, 0.4) is 0 Å². The van der Waals surface area contributed by atoms with Crippen LogP contribution in [0.1, 0.15) is 317 Å². The van der Waals surface area contributed by atoms with Crippen molar-refractivity contribution in [2.45, 2.75) is 335 Å². The lowest BCUT2D eigenvalue weighted by atomic mass is 10.0. The number of aliphatic hydroxyl groups excluding tert-OH is 1. The Morgan fingerprint density at radius 2 is 0.561 bits per heavy atom. The second-order valence-corrected chi connectivity index (χ2v) is 26.2. The summed E-state index contributed by atoms with van der Waals surface area (Å²) in [6.07, 6.45) is 40.7. The van der Waals surface area contributed by atoms with Crippen molar-refractivity contribution in [3.8, 4) is 0 Å². The first-order valence-electron chi connectivity index (χ1n) is 33.1. The highest BCUT2D eigenvalue weighted by Gasteiger charge is 2.30. The topological polar surface area (TPSA) is 237 Å². The Hall–Kier alpha value is -1.94. The summed E-state index contributed by atoms with van der Waals surface area (Å²) in [6, 6.07) is 0. The average molecular weight is 1210 g/mol. The highest BCUT2D eigenvalue weighted by atomic mass is 31.2. The fraction of sp³-hybridized carbons (Fsp3) is 0.937. The van der Waals surface area contributed by atoms with E-state index in [0.29, 0.717) is 25.7 Å². The minimum atomic E-state index is -4.94. The standard InChI is InChI=1S/C63H122O17P2/c1-6-9-12-15-17-19-20-21-22-26-29-33-37-42-47-61(66)74-53-59(80-63(68)49-44-39-34-30-27-24-23-25-28-31-36-40-45-56(4)5)55-78-82(71,72)76-51-57(64)50-75-81(69,70)77-54-58(52-73-60(65)46-41-35-14-11-8-3)79-62(67)48-43-38-32-18-16-13-10-7-2/h56-59,64H,6-55H2,1-5H3,(H,69,70)(H,71,72)/t57-,58+,59+/m0/s1. The fourth-order valence-corrected chi connectivity index (χ4v) is 11.0. The minimum Gasteiger partial charge on any atom is -0.462 e. The quantitative estimate of drug-likeness (QED) is 0.0222. The van der Waals surface area contributed by atoms with Crippen LogP contribution in [0, 0.1) is 5.92 Å². The summed E-state index contributed by atoms with van der Waals surface area (Å²) in [6.45, 7) is 7.09. The molecule has 0 aromatic heterocycles. The maximum atomic E-state index is 13.0. The average Bonchev–Trinajstić information content (AvgIpc) is 3.46. The molecule has 19 heteroatoms.